The fraction of sp³-hybridized carbons (Fsp3) is 0.111. The summed E-state index contributed by atoms with van der Waals surface area (Å²) in [5.74, 6) is 0. The van der Waals surface area contributed by atoms with Crippen LogP contribution in [0, 0.1) is 0 Å². The molecule has 0 aliphatic heterocycles. The molecule has 2 aliphatic carbocycles. The standard InChI is InChI=1S/C9H6N2/c1-2-7-5-6(1)8-3-4-10-11-9(7)8/h1-4H,5H2. The van der Waals surface area contributed by atoms with Gasteiger partial charge in [0.25, 0.3) is 0 Å². The van der Waals surface area contributed by atoms with Crippen molar-refractivity contribution in [1.82, 2.24) is 10.2 Å². The zero-order chi connectivity index (χ0) is 7.26. The Bertz CT molecular complexity index is 426. The van der Waals surface area contributed by atoms with Gasteiger partial charge in [0.05, 0.1) is 11.5 Å². The third-order valence-corrected chi connectivity index (χ3v) is 2.24. The van der Waals surface area contributed by atoms with Crippen LogP contribution in [0.15, 0.2) is 24.4 Å². The first-order chi connectivity index (χ1) is 5.45. The van der Waals surface area contributed by atoms with Crippen molar-refractivity contribution in [1.29, 1.82) is 0 Å². The first-order valence-electron chi connectivity index (χ1n) is 3.67. The van der Waals surface area contributed by atoms with E-state index in [9.17, 15) is 0 Å². The molecule has 1 aromatic rings. The Morgan fingerprint density at radius 3 is 3.00 bits per heavy atom. The van der Waals surface area contributed by atoms with Gasteiger partial charge >= 0.3 is 0 Å². The molecule has 0 N–H and O–H groups in total. The van der Waals surface area contributed by atoms with Gasteiger partial charge in [-0.25, -0.2) is 0 Å². The number of rotatable bonds is 0. The summed E-state index contributed by atoms with van der Waals surface area (Å²) >= 11 is 0. The zero-order valence-corrected chi connectivity index (χ0v) is 5.91. The van der Waals surface area contributed by atoms with E-state index in [0.29, 0.717) is 0 Å². The predicted molar refractivity (Wildman–Crippen MR) is 41.9 cm³/mol. The highest BCUT2D eigenvalue weighted by atomic mass is 15.1. The van der Waals surface area contributed by atoms with E-state index in [1.54, 1.807) is 6.20 Å². The van der Waals surface area contributed by atoms with E-state index in [-0.39, 0.29) is 0 Å². The van der Waals surface area contributed by atoms with Gasteiger partial charge < -0.3 is 0 Å². The highest BCUT2D eigenvalue weighted by molar-refractivity contribution is 5.84. The minimum Gasteiger partial charge on any atom is -0.159 e. The van der Waals surface area contributed by atoms with E-state index in [1.807, 2.05) is 6.07 Å². The monoisotopic (exact) mass is 142 g/mol. The molecule has 0 radical (unpaired) electrons. The smallest absolute Gasteiger partial charge is 0.0967 e. The highest BCUT2D eigenvalue weighted by Crippen LogP contribution is 2.23. The molecule has 0 saturated heterocycles. The first-order valence-corrected chi connectivity index (χ1v) is 3.67. The van der Waals surface area contributed by atoms with Crippen LogP contribution in [0.5, 0.6) is 0 Å². The molecule has 52 valence electrons. The number of aromatic nitrogens is 2. The van der Waals surface area contributed by atoms with E-state index in [2.05, 4.69) is 22.3 Å². The molecule has 2 nitrogen and oxygen atoms in total. The largest absolute Gasteiger partial charge is 0.159 e. The second kappa shape index (κ2) is 1.59. The molecular weight excluding hydrogens is 136 g/mol. The maximum Gasteiger partial charge on any atom is 0.0967 e. The summed E-state index contributed by atoms with van der Waals surface area (Å²) in [7, 11) is 0. The van der Waals surface area contributed by atoms with Gasteiger partial charge in [-0.05, 0) is 17.2 Å². The number of hydrogen-bond donors (Lipinski definition) is 0. The maximum absolute atomic E-state index is 4.08. The van der Waals surface area contributed by atoms with Crippen molar-refractivity contribution in [3.8, 4) is 0 Å². The van der Waals surface area contributed by atoms with Gasteiger partial charge in [0.1, 0.15) is 0 Å². The summed E-state index contributed by atoms with van der Waals surface area (Å²) in [6, 6.07) is 2.04. The van der Waals surface area contributed by atoms with Gasteiger partial charge in [-0.15, -0.1) is 0 Å². The van der Waals surface area contributed by atoms with Gasteiger partial charge in [0.2, 0.25) is 0 Å². The van der Waals surface area contributed by atoms with Gasteiger partial charge in [0, 0.05) is 11.6 Å². The summed E-state index contributed by atoms with van der Waals surface area (Å²) < 4.78 is 0. The van der Waals surface area contributed by atoms with Gasteiger partial charge in [0.15, 0.2) is 0 Å². The van der Waals surface area contributed by atoms with Crippen LogP contribution in [0.2, 0.25) is 0 Å². The minimum absolute atomic E-state index is 1.06. The second-order valence-electron chi connectivity index (χ2n) is 2.85. The summed E-state index contributed by atoms with van der Waals surface area (Å²) in [5.41, 5.74) is 2.72. The Balaban J connectivity index is 2.69. The lowest BCUT2D eigenvalue weighted by Crippen LogP contribution is -2.29. The summed E-state index contributed by atoms with van der Waals surface area (Å²) in [4.78, 5) is 0. The third-order valence-electron chi connectivity index (χ3n) is 2.24. The van der Waals surface area contributed by atoms with Crippen molar-refractivity contribution in [2.45, 2.75) is 6.42 Å². The molecule has 0 saturated carbocycles. The average Bonchev–Trinajstić information content (AvgIpc) is 2.64. The summed E-state index contributed by atoms with van der Waals surface area (Å²) in [5, 5.41) is 10.3. The van der Waals surface area contributed by atoms with Crippen molar-refractivity contribution >= 4 is 11.1 Å². The van der Waals surface area contributed by atoms with E-state index in [0.717, 1.165) is 11.8 Å². The molecule has 0 unspecified atom stereocenters. The highest BCUT2D eigenvalue weighted by Gasteiger charge is 2.15. The lowest BCUT2D eigenvalue weighted by molar-refractivity contribution is 0.980. The van der Waals surface area contributed by atoms with Crippen LogP contribution in [0.4, 0.5) is 0 Å². The van der Waals surface area contributed by atoms with E-state index >= 15 is 0 Å². The normalized spacial score (nSPS) is 17.8. The molecule has 2 bridgehead atoms. The zero-order valence-electron chi connectivity index (χ0n) is 5.91. The number of hydrogen-bond acceptors (Lipinski definition) is 2. The molecular formula is C9H6N2. The van der Waals surface area contributed by atoms with Gasteiger partial charge in [-0.3, -0.25) is 0 Å². The topological polar surface area (TPSA) is 25.8 Å². The number of allylic oxidation sites excluding steroid dienone is 2. The Morgan fingerprint density at radius 1 is 1.18 bits per heavy atom. The second-order valence-corrected chi connectivity index (χ2v) is 2.85. The van der Waals surface area contributed by atoms with Crippen LogP contribution < -0.4 is 10.6 Å². The molecule has 1 heterocycles. The molecule has 1 aromatic heterocycles. The van der Waals surface area contributed by atoms with Crippen LogP contribution in [-0.4, -0.2) is 10.2 Å². The summed E-state index contributed by atoms with van der Waals surface area (Å²) in [6.45, 7) is 0. The fourth-order valence-corrected chi connectivity index (χ4v) is 1.70. The SMILES string of the molecule is C1=CC2=c3nnccc3=C1C2. The van der Waals surface area contributed by atoms with Gasteiger partial charge in [-0.1, -0.05) is 12.2 Å². The van der Waals surface area contributed by atoms with Crippen LogP contribution in [-0.2, 0) is 0 Å². The molecule has 2 aliphatic rings. The molecule has 0 fully saturated rings. The number of fused-ring (bicyclic) bond motifs is 3. The molecule has 2 heteroatoms. The van der Waals surface area contributed by atoms with Crippen molar-refractivity contribution in [3.63, 3.8) is 0 Å². The van der Waals surface area contributed by atoms with Crippen molar-refractivity contribution in [2.75, 3.05) is 0 Å². The Hall–Kier alpha value is -1.44. The third kappa shape index (κ3) is 0.522. The van der Waals surface area contributed by atoms with Crippen molar-refractivity contribution < 1.29 is 0 Å². The van der Waals surface area contributed by atoms with E-state index < -0.39 is 0 Å². The van der Waals surface area contributed by atoms with Crippen LogP contribution in [0.3, 0.4) is 0 Å². The Labute approximate surface area is 63.6 Å². The molecule has 0 amide bonds. The number of nitrogens with zero attached hydrogens (tertiary/aromatic N) is 2. The van der Waals surface area contributed by atoms with Crippen LogP contribution in [0.1, 0.15) is 6.42 Å². The molecule has 11 heavy (non-hydrogen) atoms. The van der Waals surface area contributed by atoms with Gasteiger partial charge in [-0.2, -0.15) is 10.2 Å². The first kappa shape index (κ1) is 5.24. The Morgan fingerprint density at radius 2 is 2.09 bits per heavy atom. The maximum atomic E-state index is 4.08. The van der Waals surface area contributed by atoms with E-state index in [1.165, 1.54) is 16.4 Å². The molecule has 0 aromatic carbocycles. The lowest BCUT2D eigenvalue weighted by Gasteiger charge is -1.88. The molecule has 0 spiro atoms. The van der Waals surface area contributed by atoms with E-state index in [4.69, 9.17) is 0 Å². The Kier molecular flexibility index (Phi) is 0.756. The summed E-state index contributed by atoms with van der Waals surface area (Å²) in [6.07, 6.45) is 7.11. The van der Waals surface area contributed by atoms with Crippen LogP contribution >= 0.6 is 0 Å². The quantitative estimate of drug-likeness (QED) is 0.499. The lowest BCUT2D eigenvalue weighted by atomic mass is 10.2. The van der Waals surface area contributed by atoms with Crippen LogP contribution in [0.25, 0.3) is 11.1 Å². The van der Waals surface area contributed by atoms with Crippen molar-refractivity contribution in [3.05, 3.63) is 35.0 Å². The predicted octanol–water partition coefficient (Wildman–Crippen LogP) is -0.249. The van der Waals surface area contributed by atoms with Crippen molar-refractivity contribution in [2.24, 2.45) is 0 Å². The minimum atomic E-state index is 1.06. The molecule has 3 rings (SSSR count). The fourth-order valence-electron chi connectivity index (χ4n) is 1.70. The molecule has 0 atom stereocenters. The average molecular weight is 142 g/mol.